The van der Waals surface area contributed by atoms with Gasteiger partial charge in [0.15, 0.2) is 0 Å². The van der Waals surface area contributed by atoms with Gasteiger partial charge in [-0.1, -0.05) is 13.8 Å². The van der Waals surface area contributed by atoms with Crippen LogP contribution in [0.15, 0.2) is 0 Å². The SMILES string of the molecule is CC(C)C(C)N1CCC(=O)NCC1=O. The van der Waals surface area contributed by atoms with E-state index in [4.69, 9.17) is 0 Å². The molecule has 0 bridgehead atoms. The Hall–Kier alpha value is -1.06. The lowest BCUT2D eigenvalue weighted by atomic mass is 10.0. The molecule has 4 heteroatoms. The molecule has 80 valence electrons. The first-order valence-electron chi connectivity index (χ1n) is 5.08. The van der Waals surface area contributed by atoms with Crippen LogP contribution < -0.4 is 5.32 Å². The molecule has 1 heterocycles. The molecule has 1 aliphatic heterocycles. The first-order valence-corrected chi connectivity index (χ1v) is 5.08. The van der Waals surface area contributed by atoms with Crippen molar-refractivity contribution in [3.63, 3.8) is 0 Å². The summed E-state index contributed by atoms with van der Waals surface area (Å²) in [5.41, 5.74) is 0. The second-order valence-electron chi connectivity index (χ2n) is 4.10. The van der Waals surface area contributed by atoms with Crippen LogP contribution >= 0.6 is 0 Å². The van der Waals surface area contributed by atoms with E-state index in [9.17, 15) is 9.59 Å². The minimum absolute atomic E-state index is 0.0250. The van der Waals surface area contributed by atoms with E-state index in [1.165, 1.54) is 0 Å². The lowest BCUT2D eigenvalue weighted by Gasteiger charge is -2.30. The number of hydrogen-bond acceptors (Lipinski definition) is 2. The molecule has 1 saturated heterocycles. The zero-order chi connectivity index (χ0) is 10.7. The molecule has 1 aliphatic rings. The Morgan fingerprint density at radius 2 is 1.93 bits per heavy atom. The van der Waals surface area contributed by atoms with Gasteiger partial charge in [-0.05, 0) is 12.8 Å². The van der Waals surface area contributed by atoms with Crippen LogP contribution in [-0.2, 0) is 9.59 Å². The molecule has 0 aliphatic carbocycles. The van der Waals surface area contributed by atoms with Crippen molar-refractivity contribution in [2.45, 2.75) is 33.2 Å². The fraction of sp³-hybridized carbons (Fsp3) is 0.800. The van der Waals surface area contributed by atoms with Gasteiger partial charge in [-0.2, -0.15) is 0 Å². The van der Waals surface area contributed by atoms with Crippen molar-refractivity contribution >= 4 is 11.8 Å². The van der Waals surface area contributed by atoms with Crippen molar-refractivity contribution in [1.82, 2.24) is 10.2 Å². The summed E-state index contributed by atoms with van der Waals surface area (Å²) in [4.78, 5) is 24.5. The predicted octanol–water partition coefficient (Wildman–Crippen LogP) is 0.379. The smallest absolute Gasteiger partial charge is 0.242 e. The van der Waals surface area contributed by atoms with E-state index < -0.39 is 0 Å². The van der Waals surface area contributed by atoms with E-state index in [1.54, 1.807) is 4.90 Å². The van der Waals surface area contributed by atoms with Gasteiger partial charge in [0.05, 0.1) is 6.54 Å². The van der Waals surface area contributed by atoms with Crippen LogP contribution in [0.5, 0.6) is 0 Å². The maximum Gasteiger partial charge on any atom is 0.242 e. The second-order valence-corrected chi connectivity index (χ2v) is 4.10. The fourth-order valence-electron chi connectivity index (χ4n) is 1.50. The Bertz CT molecular complexity index is 238. The molecule has 1 unspecified atom stereocenters. The molecule has 0 aromatic heterocycles. The highest BCUT2D eigenvalue weighted by atomic mass is 16.2. The van der Waals surface area contributed by atoms with Crippen molar-refractivity contribution in [1.29, 1.82) is 0 Å². The summed E-state index contributed by atoms with van der Waals surface area (Å²) in [6.45, 7) is 6.88. The molecule has 2 amide bonds. The van der Waals surface area contributed by atoms with Crippen LogP contribution in [-0.4, -0.2) is 35.8 Å². The molecule has 1 rings (SSSR count). The van der Waals surface area contributed by atoms with Gasteiger partial charge in [-0.25, -0.2) is 0 Å². The van der Waals surface area contributed by atoms with Crippen LogP contribution in [0.4, 0.5) is 0 Å². The molecular weight excluding hydrogens is 180 g/mol. The highest BCUT2D eigenvalue weighted by molar-refractivity contribution is 5.87. The lowest BCUT2D eigenvalue weighted by molar-refractivity contribution is -0.132. The van der Waals surface area contributed by atoms with Gasteiger partial charge in [0.1, 0.15) is 0 Å². The average molecular weight is 198 g/mol. The van der Waals surface area contributed by atoms with Crippen LogP contribution in [0.2, 0.25) is 0 Å². The van der Waals surface area contributed by atoms with Gasteiger partial charge in [0, 0.05) is 19.0 Å². The lowest BCUT2D eigenvalue weighted by Crippen LogP contribution is -2.43. The Morgan fingerprint density at radius 1 is 1.29 bits per heavy atom. The summed E-state index contributed by atoms with van der Waals surface area (Å²) in [5, 5.41) is 2.59. The van der Waals surface area contributed by atoms with Gasteiger partial charge in [-0.15, -0.1) is 0 Å². The summed E-state index contributed by atoms with van der Waals surface area (Å²) in [5.74, 6) is 0.418. The summed E-state index contributed by atoms with van der Waals surface area (Å²) >= 11 is 0. The summed E-state index contributed by atoms with van der Waals surface area (Å²) in [7, 11) is 0. The van der Waals surface area contributed by atoms with Crippen molar-refractivity contribution < 1.29 is 9.59 Å². The highest BCUT2D eigenvalue weighted by Crippen LogP contribution is 2.12. The third-order valence-corrected chi connectivity index (χ3v) is 2.79. The number of carbonyl (C=O) groups excluding carboxylic acids is 2. The normalized spacial score (nSPS) is 20.7. The van der Waals surface area contributed by atoms with Crippen molar-refractivity contribution in [3.05, 3.63) is 0 Å². The third kappa shape index (κ3) is 2.47. The molecule has 1 fully saturated rings. The number of amides is 2. The average Bonchev–Trinajstić information content (AvgIpc) is 2.28. The number of rotatable bonds is 2. The Labute approximate surface area is 84.7 Å². The minimum atomic E-state index is -0.0307. The summed E-state index contributed by atoms with van der Waals surface area (Å²) in [6, 6.07) is 0.204. The second kappa shape index (κ2) is 4.44. The van der Waals surface area contributed by atoms with Gasteiger partial charge >= 0.3 is 0 Å². The fourth-order valence-corrected chi connectivity index (χ4v) is 1.50. The monoisotopic (exact) mass is 198 g/mol. The van der Waals surface area contributed by atoms with Gasteiger partial charge in [0.25, 0.3) is 0 Å². The standard InChI is InChI=1S/C10H18N2O2/c1-7(2)8(3)12-5-4-9(13)11-6-10(12)14/h7-8H,4-6H2,1-3H3,(H,11,13). The maximum atomic E-state index is 11.6. The van der Waals surface area contributed by atoms with Crippen molar-refractivity contribution in [3.8, 4) is 0 Å². The van der Waals surface area contributed by atoms with Gasteiger partial charge in [0.2, 0.25) is 11.8 Å². The van der Waals surface area contributed by atoms with Crippen LogP contribution in [0.25, 0.3) is 0 Å². The molecule has 0 spiro atoms. The van der Waals surface area contributed by atoms with E-state index in [0.717, 1.165) is 0 Å². The van der Waals surface area contributed by atoms with Crippen LogP contribution in [0.3, 0.4) is 0 Å². The van der Waals surface area contributed by atoms with E-state index in [0.29, 0.717) is 18.9 Å². The topological polar surface area (TPSA) is 49.4 Å². The number of carbonyl (C=O) groups is 2. The molecule has 0 aromatic carbocycles. The largest absolute Gasteiger partial charge is 0.347 e. The Balaban J connectivity index is 2.66. The third-order valence-electron chi connectivity index (χ3n) is 2.79. The molecule has 0 radical (unpaired) electrons. The first kappa shape index (κ1) is 11.0. The molecule has 14 heavy (non-hydrogen) atoms. The quantitative estimate of drug-likeness (QED) is 0.697. The number of nitrogens with zero attached hydrogens (tertiary/aromatic N) is 1. The maximum absolute atomic E-state index is 11.6. The molecule has 1 atom stereocenters. The number of hydrogen-bond donors (Lipinski definition) is 1. The molecule has 1 N–H and O–H groups in total. The minimum Gasteiger partial charge on any atom is -0.347 e. The zero-order valence-corrected chi connectivity index (χ0v) is 9.04. The van der Waals surface area contributed by atoms with E-state index in [1.807, 2.05) is 6.92 Å². The van der Waals surface area contributed by atoms with E-state index in [-0.39, 0.29) is 24.4 Å². The predicted molar refractivity (Wildman–Crippen MR) is 53.6 cm³/mol. The van der Waals surface area contributed by atoms with Crippen molar-refractivity contribution in [2.75, 3.05) is 13.1 Å². The molecular formula is C10H18N2O2. The summed E-state index contributed by atoms with van der Waals surface area (Å²) in [6.07, 6.45) is 0.419. The Morgan fingerprint density at radius 3 is 2.50 bits per heavy atom. The summed E-state index contributed by atoms with van der Waals surface area (Å²) < 4.78 is 0. The molecule has 4 nitrogen and oxygen atoms in total. The van der Waals surface area contributed by atoms with Crippen molar-refractivity contribution in [2.24, 2.45) is 5.92 Å². The van der Waals surface area contributed by atoms with E-state index >= 15 is 0 Å². The van der Waals surface area contributed by atoms with Crippen LogP contribution in [0, 0.1) is 5.92 Å². The number of nitrogens with one attached hydrogen (secondary N) is 1. The van der Waals surface area contributed by atoms with Crippen LogP contribution in [0.1, 0.15) is 27.2 Å². The Kier molecular flexibility index (Phi) is 3.49. The molecule has 0 aromatic rings. The van der Waals surface area contributed by atoms with Gasteiger partial charge < -0.3 is 10.2 Å². The molecule has 0 saturated carbocycles. The van der Waals surface area contributed by atoms with Gasteiger partial charge in [-0.3, -0.25) is 9.59 Å². The zero-order valence-electron chi connectivity index (χ0n) is 9.04. The first-order chi connectivity index (χ1) is 6.52. The highest BCUT2D eigenvalue weighted by Gasteiger charge is 2.25. The van der Waals surface area contributed by atoms with E-state index in [2.05, 4.69) is 19.2 Å².